The number of halogens is 3. The van der Waals surface area contributed by atoms with Crippen LogP contribution < -0.4 is 5.56 Å². The van der Waals surface area contributed by atoms with Crippen molar-refractivity contribution in [2.75, 3.05) is 0 Å². The van der Waals surface area contributed by atoms with Gasteiger partial charge in [0.05, 0.1) is 0 Å². The Morgan fingerprint density at radius 3 is 2.41 bits per heavy atom. The van der Waals surface area contributed by atoms with Crippen molar-refractivity contribution in [1.29, 1.82) is 0 Å². The van der Waals surface area contributed by atoms with Crippen LogP contribution in [0.2, 0.25) is 0 Å². The van der Waals surface area contributed by atoms with E-state index in [9.17, 15) is 22.8 Å². The number of rotatable bonds is 4. The monoisotopic (exact) mass is 327 g/mol. The van der Waals surface area contributed by atoms with E-state index < -0.39 is 17.3 Å². The fourth-order valence-electron chi connectivity index (χ4n) is 1.81. The first kappa shape index (κ1) is 16.4. The van der Waals surface area contributed by atoms with Crippen molar-refractivity contribution in [2.45, 2.75) is 24.0 Å². The number of aryl methyl sites for hydroxylation is 1. The lowest BCUT2D eigenvalue weighted by Crippen LogP contribution is -2.28. The zero-order valence-electron chi connectivity index (χ0n) is 11.3. The van der Waals surface area contributed by atoms with Crippen molar-refractivity contribution in [1.82, 2.24) is 4.57 Å². The Balaban J connectivity index is 2.03. The van der Waals surface area contributed by atoms with Crippen LogP contribution in [0.5, 0.6) is 0 Å². The summed E-state index contributed by atoms with van der Waals surface area (Å²) >= 11 is 1.00. The summed E-state index contributed by atoms with van der Waals surface area (Å²) in [4.78, 5) is 24.3. The molecule has 0 atom stereocenters. The maximum atomic E-state index is 12.6. The topological polar surface area (TPSA) is 39.1 Å². The summed E-state index contributed by atoms with van der Waals surface area (Å²) in [5, 5.41) is -0.212. The molecule has 0 aliphatic rings. The lowest BCUT2D eigenvalue weighted by molar-refractivity contribution is -0.138. The van der Waals surface area contributed by atoms with Gasteiger partial charge < -0.3 is 4.57 Å². The van der Waals surface area contributed by atoms with Crippen LogP contribution in [0.1, 0.15) is 12.0 Å². The molecule has 2 aromatic rings. The molecule has 0 amide bonds. The van der Waals surface area contributed by atoms with Crippen LogP contribution in [0.25, 0.3) is 0 Å². The van der Waals surface area contributed by atoms with Gasteiger partial charge in [-0.3, -0.25) is 9.59 Å². The number of hydrogen-bond acceptors (Lipinski definition) is 3. The fourth-order valence-corrected chi connectivity index (χ4v) is 2.56. The van der Waals surface area contributed by atoms with E-state index >= 15 is 0 Å². The van der Waals surface area contributed by atoms with Gasteiger partial charge in [0.2, 0.25) is 0 Å². The van der Waals surface area contributed by atoms with Crippen molar-refractivity contribution in [3.05, 3.63) is 64.6 Å². The summed E-state index contributed by atoms with van der Waals surface area (Å²) in [6.45, 7) is -0.0819. The number of thioether (sulfide) groups is 1. The minimum atomic E-state index is -4.69. The molecule has 116 valence electrons. The molecule has 1 aromatic carbocycles. The smallest absolute Gasteiger partial charge is 0.315 e. The number of alkyl halides is 3. The van der Waals surface area contributed by atoms with Crippen LogP contribution >= 0.6 is 11.8 Å². The van der Waals surface area contributed by atoms with Gasteiger partial charge in [-0.2, -0.15) is 13.2 Å². The second-order valence-electron chi connectivity index (χ2n) is 4.46. The molecule has 1 aromatic heterocycles. The van der Waals surface area contributed by atoms with Gasteiger partial charge in [-0.05, 0) is 24.3 Å². The third-order valence-electron chi connectivity index (χ3n) is 2.86. The zero-order valence-corrected chi connectivity index (χ0v) is 12.2. The quantitative estimate of drug-likeness (QED) is 0.806. The predicted molar refractivity (Wildman–Crippen MR) is 77.6 cm³/mol. The number of hydrogen-bond donors (Lipinski definition) is 0. The molecule has 3 nitrogen and oxygen atoms in total. The Kier molecular flexibility index (Phi) is 5.07. The van der Waals surface area contributed by atoms with Crippen LogP contribution in [0.15, 0.2) is 58.4 Å². The third kappa shape index (κ3) is 4.24. The van der Waals surface area contributed by atoms with E-state index in [1.54, 1.807) is 24.3 Å². The standard InChI is InChI=1S/C15H12F3NO2S/c16-15(17,18)12-7-4-9-19(14(12)21)10-8-13(20)22-11-5-2-1-3-6-11/h1-7,9H,8,10H2. The van der Waals surface area contributed by atoms with Crippen molar-refractivity contribution in [3.8, 4) is 0 Å². The first-order valence-corrected chi connectivity index (χ1v) is 7.22. The minimum absolute atomic E-state index is 0.0270. The molecule has 22 heavy (non-hydrogen) atoms. The van der Waals surface area contributed by atoms with Crippen LogP contribution in [0.4, 0.5) is 13.2 Å². The number of nitrogens with zero attached hydrogens (tertiary/aromatic N) is 1. The maximum Gasteiger partial charge on any atom is 0.421 e. The number of pyridine rings is 1. The molecule has 0 saturated heterocycles. The lowest BCUT2D eigenvalue weighted by atomic mass is 10.2. The highest BCUT2D eigenvalue weighted by Crippen LogP contribution is 2.26. The van der Waals surface area contributed by atoms with Crippen molar-refractivity contribution in [3.63, 3.8) is 0 Å². The molecule has 0 aliphatic carbocycles. The van der Waals surface area contributed by atoms with Crippen LogP contribution in [0, 0.1) is 0 Å². The molecule has 0 aliphatic heterocycles. The average molecular weight is 327 g/mol. The highest BCUT2D eigenvalue weighted by Gasteiger charge is 2.34. The normalized spacial score (nSPS) is 11.4. The van der Waals surface area contributed by atoms with Crippen molar-refractivity contribution in [2.24, 2.45) is 0 Å². The van der Waals surface area contributed by atoms with E-state index in [4.69, 9.17) is 0 Å². The Morgan fingerprint density at radius 1 is 1.09 bits per heavy atom. The molecule has 7 heteroatoms. The molecular formula is C15H12F3NO2S. The summed E-state index contributed by atoms with van der Waals surface area (Å²) in [5.74, 6) is 0. The Morgan fingerprint density at radius 2 is 1.77 bits per heavy atom. The molecule has 1 heterocycles. The van der Waals surface area contributed by atoms with Gasteiger partial charge in [0.25, 0.3) is 5.56 Å². The Labute approximate surface area is 128 Å². The van der Waals surface area contributed by atoms with E-state index in [2.05, 4.69) is 0 Å². The van der Waals surface area contributed by atoms with Gasteiger partial charge in [-0.25, -0.2) is 0 Å². The Hall–Kier alpha value is -2.02. The zero-order chi connectivity index (χ0) is 16.2. The van der Waals surface area contributed by atoms with E-state index in [1.165, 1.54) is 6.20 Å². The summed E-state index contributed by atoms with van der Waals surface area (Å²) in [6, 6.07) is 10.8. The van der Waals surface area contributed by atoms with Crippen LogP contribution in [-0.4, -0.2) is 9.68 Å². The second kappa shape index (κ2) is 6.83. The van der Waals surface area contributed by atoms with Crippen LogP contribution in [-0.2, 0) is 17.5 Å². The fraction of sp³-hybridized carbons (Fsp3) is 0.200. The summed E-state index contributed by atoms with van der Waals surface area (Å²) in [5.41, 5.74) is -2.36. The molecule has 2 rings (SSSR count). The summed E-state index contributed by atoms with van der Waals surface area (Å²) < 4.78 is 38.8. The van der Waals surface area contributed by atoms with Crippen molar-refractivity contribution < 1.29 is 18.0 Å². The molecule has 0 N–H and O–H groups in total. The molecule has 0 bridgehead atoms. The third-order valence-corrected chi connectivity index (χ3v) is 3.80. The molecule has 0 spiro atoms. The van der Waals surface area contributed by atoms with Crippen molar-refractivity contribution >= 4 is 16.9 Å². The Bertz CT molecular complexity index is 711. The van der Waals surface area contributed by atoms with Crippen LogP contribution in [0.3, 0.4) is 0 Å². The largest absolute Gasteiger partial charge is 0.421 e. The SMILES string of the molecule is O=C(CCn1cccc(C(F)(F)F)c1=O)Sc1ccccc1. The van der Waals surface area contributed by atoms with E-state index in [0.717, 1.165) is 33.4 Å². The number of aromatic nitrogens is 1. The van der Waals surface area contributed by atoms with Gasteiger partial charge >= 0.3 is 6.18 Å². The molecule has 0 saturated carbocycles. The highest BCUT2D eigenvalue weighted by atomic mass is 32.2. The molecular weight excluding hydrogens is 315 g/mol. The first-order chi connectivity index (χ1) is 10.4. The van der Waals surface area contributed by atoms with Gasteiger partial charge in [0.1, 0.15) is 5.56 Å². The number of carbonyl (C=O) groups excluding carboxylic acids is 1. The van der Waals surface area contributed by atoms with E-state index in [0.29, 0.717) is 0 Å². The summed E-state index contributed by atoms with van der Waals surface area (Å²) in [7, 11) is 0. The number of carbonyl (C=O) groups is 1. The van der Waals surface area contributed by atoms with E-state index in [-0.39, 0.29) is 18.1 Å². The van der Waals surface area contributed by atoms with Gasteiger partial charge in [-0.15, -0.1) is 0 Å². The van der Waals surface area contributed by atoms with Gasteiger partial charge in [-0.1, -0.05) is 30.0 Å². The van der Waals surface area contributed by atoms with E-state index in [1.807, 2.05) is 6.07 Å². The predicted octanol–water partition coefficient (Wildman–Crippen LogP) is 3.58. The average Bonchev–Trinajstić information content (AvgIpc) is 2.46. The number of benzene rings is 1. The van der Waals surface area contributed by atoms with Gasteiger partial charge in [0.15, 0.2) is 5.12 Å². The van der Waals surface area contributed by atoms with Gasteiger partial charge in [0, 0.05) is 24.1 Å². The second-order valence-corrected chi connectivity index (χ2v) is 5.59. The molecule has 0 radical (unpaired) electrons. The molecule has 0 unspecified atom stereocenters. The lowest BCUT2D eigenvalue weighted by Gasteiger charge is -2.09. The minimum Gasteiger partial charge on any atom is -0.315 e. The highest BCUT2D eigenvalue weighted by molar-refractivity contribution is 8.13. The summed E-state index contributed by atoms with van der Waals surface area (Å²) in [6.07, 6.45) is -3.47. The maximum absolute atomic E-state index is 12.6. The first-order valence-electron chi connectivity index (χ1n) is 6.40. The molecule has 0 fully saturated rings.